The zero-order valence-corrected chi connectivity index (χ0v) is 11.1. The monoisotopic (exact) mass is 280 g/mol. The van der Waals surface area contributed by atoms with Gasteiger partial charge in [-0.1, -0.05) is 18.5 Å². The van der Waals surface area contributed by atoms with Crippen LogP contribution in [0.1, 0.15) is 23.7 Å². The number of piperazine rings is 1. The molecule has 6 heteroatoms. The molecule has 0 bridgehead atoms. The first-order chi connectivity index (χ1) is 9.06. The molecule has 0 aromatic heterocycles. The lowest BCUT2D eigenvalue weighted by Crippen LogP contribution is -2.58. The zero-order valence-electron chi connectivity index (χ0n) is 10.4. The van der Waals surface area contributed by atoms with Crippen LogP contribution in [0.4, 0.5) is 5.69 Å². The molecule has 1 aliphatic heterocycles. The van der Waals surface area contributed by atoms with E-state index in [2.05, 4.69) is 5.32 Å². The molecule has 1 aromatic carbocycles. The van der Waals surface area contributed by atoms with Crippen molar-refractivity contribution in [1.82, 2.24) is 5.32 Å². The van der Waals surface area contributed by atoms with Crippen molar-refractivity contribution in [3.8, 4) is 0 Å². The number of hydrogen-bond acceptors (Lipinski definition) is 4. The zero-order chi connectivity index (χ0) is 14.0. The molecule has 2 amide bonds. The first-order valence-corrected chi connectivity index (χ1v) is 6.29. The number of hydrogen-bond donors (Lipinski definition) is 1. The third-order valence-corrected chi connectivity index (χ3v) is 3.31. The van der Waals surface area contributed by atoms with Gasteiger partial charge in [-0.15, -0.1) is 0 Å². The quantitative estimate of drug-likeness (QED) is 0.671. The molecule has 1 heterocycles. The third kappa shape index (κ3) is 2.61. The van der Waals surface area contributed by atoms with E-state index in [4.69, 9.17) is 11.6 Å². The number of aldehydes is 1. The number of benzene rings is 1. The molecule has 5 nitrogen and oxygen atoms in total. The van der Waals surface area contributed by atoms with E-state index in [0.29, 0.717) is 29.0 Å². The van der Waals surface area contributed by atoms with Crippen molar-refractivity contribution in [2.45, 2.75) is 19.4 Å². The number of carbonyl (C=O) groups excluding carboxylic acids is 3. The predicted molar refractivity (Wildman–Crippen MR) is 71.4 cm³/mol. The Morgan fingerprint density at radius 1 is 1.47 bits per heavy atom. The molecule has 0 aliphatic carbocycles. The van der Waals surface area contributed by atoms with Gasteiger partial charge in [-0.25, -0.2) is 0 Å². The SMILES string of the molecule is CCC1C(=O)NC(=O)CN1c1cc(Cl)ccc1C=O. The van der Waals surface area contributed by atoms with Gasteiger partial charge in [0.1, 0.15) is 6.04 Å². The van der Waals surface area contributed by atoms with Crippen LogP contribution in [0.5, 0.6) is 0 Å². The number of carbonyl (C=O) groups is 3. The molecule has 0 saturated carbocycles. The topological polar surface area (TPSA) is 66.5 Å². The Hall–Kier alpha value is -1.88. The minimum absolute atomic E-state index is 0.0332. The first kappa shape index (κ1) is 13.5. The lowest BCUT2D eigenvalue weighted by atomic mass is 10.1. The van der Waals surface area contributed by atoms with Gasteiger partial charge in [-0.2, -0.15) is 0 Å². The highest BCUT2D eigenvalue weighted by Gasteiger charge is 2.33. The summed E-state index contributed by atoms with van der Waals surface area (Å²) < 4.78 is 0. The summed E-state index contributed by atoms with van der Waals surface area (Å²) in [4.78, 5) is 36.0. The molecular formula is C13H13ClN2O3. The molecule has 0 radical (unpaired) electrons. The fraction of sp³-hybridized carbons (Fsp3) is 0.308. The Morgan fingerprint density at radius 2 is 2.21 bits per heavy atom. The first-order valence-electron chi connectivity index (χ1n) is 5.92. The number of anilines is 1. The van der Waals surface area contributed by atoms with E-state index in [0.717, 1.165) is 0 Å². The lowest BCUT2D eigenvalue weighted by molar-refractivity contribution is -0.132. The Kier molecular flexibility index (Phi) is 3.85. The van der Waals surface area contributed by atoms with Gasteiger partial charge in [0.2, 0.25) is 11.8 Å². The van der Waals surface area contributed by atoms with E-state index in [9.17, 15) is 14.4 Å². The van der Waals surface area contributed by atoms with Crippen molar-refractivity contribution in [1.29, 1.82) is 0 Å². The van der Waals surface area contributed by atoms with E-state index in [1.807, 2.05) is 6.92 Å². The summed E-state index contributed by atoms with van der Waals surface area (Å²) >= 11 is 5.93. The van der Waals surface area contributed by atoms with E-state index < -0.39 is 6.04 Å². The molecule has 0 spiro atoms. The van der Waals surface area contributed by atoms with Crippen molar-refractivity contribution in [2.24, 2.45) is 0 Å². The highest BCUT2D eigenvalue weighted by molar-refractivity contribution is 6.31. The fourth-order valence-electron chi connectivity index (χ4n) is 2.19. The Bertz CT molecular complexity index is 545. The molecule has 100 valence electrons. The number of halogens is 1. The van der Waals surface area contributed by atoms with Gasteiger partial charge in [0.15, 0.2) is 6.29 Å². The van der Waals surface area contributed by atoms with Crippen LogP contribution in [0.15, 0.2) is 18.2 Å². The van der Waals surface area contributed by atoms with Crippen LogP contribution in [-0.2, 0) is 9.59 Å². The van der Waals surface area contributed by atoms with Gasteiger partial charge in [-0.05, 0) is 24.6 Å². The molecule has 19 heavy (non-hydrogen) atoms. The van der Waals surface area contributed by atoms with Gasteiger partial charge in [0.05, 0.1) is 6.54 Å². The van der Waals surface area contributed by atoms with Crippen molar-refractivity contribution in [2.75, 3.05) is 11.4 Å². The second kappa shape index (κ2) is 5.40. The maximum atomic E-state index is 11.8. The molecule has 1 saturated heterocycles. The number of nitrogens with one attached hydrogen (secondary N) is 1. The Morgan fingerprint density at radius 3 is 2.84 bits per heavy atom. The molecule has 1 atom stereocenters. The van der Waals surface area contributed by atoms with Gasteiger partial charge in [0.25, 0.3) is 0 Å². The Balaban J connectivity index is 2.48. The molecule has 1 N–H and O–H groups in total. The van der Waals surface area contributed by atoms with Crippen LogP contribution >= 0.6 is 11.6 Å². The molecular weight excluding hydrogens is 268 g/mol. The number of imide groups is 1. The van der Waals surface area contributed by atoms with E-state index in [1.165, 1.54) is 0 Å². The fourth-order valence-corrected chi connectivity index (χ4v) is 2.36. The van der Waals surface area contributed by atoms with Crippen molar-refractivity contribution in [3.63, 3.8) is 0 Å². The summed E-state index contributed by atoms with van der Waals surface area (Å²) in [6.07, 6.45) is 1.22. The van der Waals surface area contributed by atoms with E-state index >= 15 is 0 Å². The predicted octanol–water partition coefficient (Wildman–Crippen LogP) is 1.39. The summed E-state index contributed by atoms with van der Waals surface area (Å²) in [5.74, 6) is -0.734. The maximum absolute atomic E-state index is 11.8. The van der Waals surface area contributed by atoms with Crippen molar-refractivity contribution < 1.29 is 14.4 Å². The van der Waals surface area contributed by atoms with Crippen LogP contribution in [0, 0.1) is 0 Å². The summed E-state index contributed by atoms with van der Waals surface area (Å²) in [5.41, 5.74) is 0.919. The number of amides is 2. The molecule has 2 rings (SSSR count). The smallest absolute Gasteiger partial charge is 0.249 e. The van der Waals surface area contributed by atoms with Crippen LogP contribution in [-0.4, -0.2) is 30.7 Å². The second-order valence-electron chi connectivity index (χ2n) is 4.29. The number of nitrogens with zero attached hydrogens (tertiary/aromatic N) is 1. The normalized spacial score (nSPS) is 19.3. The maximum Gasteiger partial charge on any atom is 0.249 e. The summed E-state index contributed by atoms with van der Waals surface area (Å²) in [7, 11) is 0. The molecule has 1 fully saturated rings. The van der Waals surface area contributed by atoms with Gasteiger partial charge >= 0.3 is 0 Å². The number of rotatable bonds is 3. The molecule has 1 aromatic rings. The average Bonchev–Trinajstić information content (AvgIpc) is 2.37. The van der Waals surface area contributed by atoms with Gasteiger partial charge in [0, 0.05) is 16.3 Å². The van der Waals surface area contributed by atoms with Gasteiger partial charge < -0.3 is 4.90 Å². The lowest BCUT2D eigenvalue weighted by Gasteiger charge is -2.35. The Labute approximate surface area is 115 Å². The van der Waals surface area contributed by atoms with Gasteiger partial charge in [-0.3, -0.25) is 19.7 Å². The van der Waals surface area contributed by atoms with Crippen molar-refractivity contribution in [3.05, 3.63) is 28.8 Å². The molecule has 1 aliphatic rings. The minimum atomic E-state index is -0.477. The highest BCUT2D eigenvalue weighted by Crippen LogP contribution is 2.27. The van der Waals surface area contributed by atoms with Crippen LogP contribution < -0.4 is 10.2 Å². The third-order valence-electron chi connectivity index (χ3n) is 3.07. The van der Waals surface area contributed by atoms with Crippen LogP contribution in [0.3, 0.4) is 0 Å². The minimum Gasteiger partial charge on any atom is -0.350 e. The largest absolute Gasteiger partial charge is 0.350 e. The summed E-state index contributed by atoms with van der Waals surface area (Å²) in [6.45, 7) is 1.88. The molecule has 1 unspecified atom stereocenters. The van der Waals surface area contributed by atoms with Crippen molar-refractivity contribution >= 4 is 35.4 Å². The standard InChI is InChI=1S/C13H13ClN2O3/c1-2-10-13(19)15-12(18)6-16(10)11-5-9(14)4-3-8(11)7-17/h3-5,7,10H,2,6H2,1H3,(H,15,18,19). The summed E-state index contributed by atoms with van der Waals surface area (Å²) in [6, 6.07) is 4.30. The van der Waals surface area contributed by atoms with Crippen LogP contribution in [0.25, 0.3) is 0 Å². The van der Waals surface area contributed by atoms with E-state index in [-0.39, 0.29) is 18.4 Å². The van der Waals surface area contributed by atoms with E-state index in [1.54, 1.807) is 23.1 Å². The highest BCUT2D eigenvalue weighted by atomic mass is 35.5. The van der Waals surface area contributed by atoms with Crippen LogP contribution in [0.2, 0.25) is 5.02 Å². The summed E-state index contributed by atoms with van der Waals surface area (Å²) in [5, 5.41) is 2.74. The second-order valence-corrected chi connectivity index (χ2v) is 4.72. The average molecular weight is 281 g/mol.